The van der Waals surface area contributed by atoms with Gasteiger partial charge < -0.3 is 41.0 Å². The predicted octanol–water partition coefficient (Wildman–Crippen LogP) is 16.9. The molecule has 0 aromatic heterocycles. The number of hydrogen-bond acceptors (Lipinski definition) is 16. The van der Waals surface area contributed by atoms with E-state index in [-0.39, 0.29) is 35.6 Å². The number of unbranched alkanes of at least 4 members (excludes halogenated alkanes) is 13. The molecular formula is C82H104N10O6. The lowest BCUT2D eigenvalue weighted by molar-refractivity contribution is -0.145. The van der Waals surface area contributed by atoms with Gasteiger partial charge in [-0.15, -0.1) is 0 Å². The summed E-state index contributed by atoms with van der Waals surface area (Å²) in [7, 11) is 3.93. The largest absolute Gasteiger partial charge is 0.511 e. The molecule has 0 aromatic rings. The molecule has 0 spiro atoms. The highest BCUT2D eigenvalue weighted by Crippen LogP contribution is 2.49. The van der Waals surface area contributed by atoms with Gasteiger partial charge in [-0.05, 0) is 186 Å². The molecule has 518 valence electrons. The summed E-state index contributed by atoms with van der Waals surface area (Å²) < 4.78 is 11.7. The number of hydrogen-bond donors (Lipinski definition) is 6. The summed E-state index contributed by atoms with van der Waals surface area (Å²) in [5.41, 5.74) is 29.4. The molecule has 10 aliphatic heterocycles. The van der Waals surface area contributed by atoms with Gasteiger partial charge in [0.1, 0.15) is 11.5 Å². The van der Waals surface area contributed by atoms with Crippen molar-refractivity contribution in [1.82, 2.24) is 21.3 Å². The van der Waals surface area contributed by atoms with Gasteiger partial charge >= 0.3 is 11.9 Å². The molecule has 98 heavy (non-hydrogen) atoms. The average molecular weight is 1330 g/mol. The van der Waals surface area contributed by atoms with E-state index in [9.17, 15) is 19.8 Å². The monoisotopic (exact) mass is 1320 g/mol. The molecule has 0 radical (unpaired) electrons. The number of aliphatic hydroxyl groups is 2. The van der Waals surface area contributed by atoms with Crippen molar-refractivity contribution >= 4 is 46.2 Å². The van der Waals surface area contributed by atoms with Crippen molar-refractivity contribution in [3.63, 3.8) is 0 Å². The minimum atomic E-state index is -0.162. The summed E-state index contributed by atoms with van der Waals surface area (Å²) in [6, 6.07) is 0. The molecular weight excluding hydrogens is 1220 g/mol. The van der Waals surface area contributed by atoms with Crippen LogP contribution in [0.4, 0.5) is 0 Å². The summed E-state index contributed by atoms with van der Waals surface area (Å²) in [6.45, 7) is 23.7. The lowest BCUT2D eigenvalue weighted by atomic mass is 9.86. The Balaban J connectivity index is 0.541. The van der Waals surface area contributed by atoms with E-state index >= 15 is 0 Å². The molecule has 0 saturated carbocycles. The molecule has 4 atom stereocenters. The minimum absolute atomic E-state index is 0.00625. The van der Waals surface area contributed by atoms with Crippen LogP contribution in [0, 0.1) is 23.7 Å². The van der Waals surface area contributed by atoms with Crippen molar-refractivity contribution in [3.05, 3.63) is 183 Å². The molecule has 12 rings (SSSR count). The van der Waals surface area contributed by atoms with E-state index < -0.39 is 0 Å². The van der Waals surface area contributed by atoms with E-state index in [1.807, 2.05) is 27.9 Å². The quantitative estimate of drug-likeness (QED) is 0.0308. The maximum Gasteiger partial charge on any atom is 0.305 e. The van der Waals surface area contributed by atoms with Gasteiger partial charge in [-0.3, -0.25) is 9.59 Å². The summed E-state index contributed by atoms with van der Waals surface area (Å²) in [5.74, 6) is 0.449. The Labute approximate surface area is 581 Å². The van der Waals surface area contributed by atoms with Gasteiger partial charge in [-0.1, -0.05) is 105 Å². The number of carbonyl (C=O) groups is 2. The third kappa shape index (κ3) is 14.1. The molecule has 10 heterocycles. The maximum atomic E-state index is 13.4. The SMILES string of the molecule is CCC1=C(C)C2=NC1=CC1=C(C)C3=C(O)CC(=C4NC(=CC5=NC(=C2)C(CNC)=C5C)[C@@H](C)[C@@H]4CCC(=O)OCCCCCCCCCCCCCCCCOC(=O)CC[C@@H]2C4=C5CC(O)=C6C5=NC(=C6C)C=C5N=C(C=C6N=C(C=C(N4)[C@H]2C)C(C)=C6CNC)C(C)=C5CC)C3=N1. The maximum absolute atomic E-state index is 13.4. The van der Waals surface area contributed by atoms with E-state index in [2.05, 4.69) is 113 Å². The number of aliphatic hydroxyl groups excluding tert-OH is 2. The topological polar surface area (TPSA) is 215 Å². The fourth-order valence-corrected chi connectivity index (χ4v) is 16.5. The molecule has 16 heteroatoms. The predicted molar refractivity (Wildman–Crippen MR) is 397 cm³/mol. The molecule has 12 aliphatic rings. The molecule has 0 unspecified atom stereocenters. The van der Waals surface area contributed by atoms with Crippen LogP contribution in [0.1, 0.15) is 210 Å². The molecule has 2 saturated heterocycles. The molecule has 0 aromatic carbocycles. The van der Waals surface area contributed by atoms with Crippen molar-refractivity contribution in [2.45, 2.75) is 210 Å². The van der Waals surface area contributed by atoms with Gasteiger partial charge in [0.2, 0.25) is 0 Å². The van der Waals surface area contributed by atoms with Crippen molar-refractivity contribution in [1.29, 1.82) is 0 Å². The first-order valence-corrected chi connectivity index (χ1v) is 36.9. The van der Waals surface area contributed by atoms with Crippen LogP contribution < -0.4 is 21.3 Å². The van der Waals surface area contributed by atoms with Gasteiger partial charge in [0.15, 0.2) is 0 Å². The molecule has 2 aliphatic carbocycles. The van der Waals surface area contributed by atoms with Crippen LogP contribution >= 0.6 is 0 Å². The second-order valence-electron chi connectivity index (χ2n) is 28.7. The van der Waals surface area contributed by atoms with Crippen LogP contribution in [0.2, 0.25) is 0 Å². The van der Waals surface area contributed by atoms with E-state index in [1.54, 1.807) is 0 Å². The third-order valence-corrected chi connectivity index (χ3v) is 22.5. The number of fused-ring (bicyclic) bond motifs is 10. The Kier molecular flexibility index (Phi) is 21.8. The fourth-order valence-electron chi connectivity index (χ4n) is 16.5. The first kappa shape index (κ1) is 69.8. The van der Waals surface area contributed by atoms with Crippen molar-refractivity contribution in [2.75, 3.05) is 40.4 Å². The number of carbonyl (C=O) groups excluding carboxylic acids is 2. The second kappa shape index (κ2) is 30.6. The number of nitrogens with one attached hydrogen (secondary N) is 4. The van der Waals surface area contributed by atoms with Crippen LogP contribution in [-0.2, 0) is 19.1 Å². The number of likely N-dealkylation sites (N-methyl/N-ethyl adjacent to an activating group) is 2. The Bertz CT molecular complexity index is 3870. The summed E-state index contributed by atoms with van der Waals surface area (Å²) in [5, 5.41) is 37.5. The van der Waals surface area contributed by atoms with Gasteiger partial charge in [0.05, 0.1) is 81.7 Å². The Morgan fingerprint density at radius 1 is 0.459 bits per heavy atom. The lowest BCUT2D eigenvalue weighted by Crippen LogP contribution is -2.16. The molecule has 16 bridgehead atoms. The second-order valence-corrected chi connectivity index (χ2v) is 28.7. The zero-order valence-electron chi connectivity index (χ0n) is 60.4. The normalized spacial score (nSPS) is 23.1. The van der Waals surface area contributed by atoms with E-state index in [0.717, 1.165) is 209 Å². The molecule has 2 fully saturated rings. The van der Waals surface area contributed by atoms with Crippen molar-refractivity contribution in [2.24, 2.45) is 53.6 Å². The summed E-state index contributed by atoms with van der Waals surface area (Å²) in [4.78, 5) is 58.1. The highest BCUT2D eigenvalue weighted by atomic mass is 16.5. The summed E-state index contributed by atoms with van der Waals surface area (Å²) in [6.07, 6.45) is 33.2. The van der Waals surface area contributed by atoms with Crippen molar-refractivity contribution in [3.8, 4) is 0 Å². The molecule has 6 N–H and O–H groups in total. The zero-order chi connectivity index (χ0) is 69.1. The van der Waals surface area contributed by atoms with Crippen LogP contribution in [0.3, 0.4) is 0 Å². The van der Waals surface area contributed by atoms with E-state index in [1.165, 1.54) is 62.5 Å². The van der Waals surface area contributed by atoms with Gasteiger partial charge in [-0.2, -0.15) is 0 Å². The Morgan fingerprint density at radius 3 is 1.13 bits per heavy atom. The van der Waals surface area contributed by atoms with Crippen LogP contribution in [0.5, 0.6) is 0 Å². The molecule has 0 amide bonds. The highest BCUT2D eigenvalue weighted by molar-refractivity contribution is 6.23. The van der Waals surface area contributed by atoms with Gasteiger partial charge in [-0.25, -0.2) is 30.0 Å². The zero-order valence-corrected chi connectivity index (χ0v) is 60.4. The first-order valence-electron chi connectivity index (χ1n) is 36.9. The third-order valence-electron chi connectivity index (χ3n) is 22.5. The van der Waals surface area contributed by atoms with Crippen LogP contribution in [0.25, 0.3) is 0 Å². The van der Waals surface area contributed by atoms with E-state index in [4.69, 9.17) is 39.4 Å². The number of nitrogens with zero attached hydrogens (tertiary/aromatic N) is 6. The Morgan fingerprint density at radius 2 is 0.786 bits per heavy atom. The molecule has 16 nitrogen and oxygen atoms in total. The first-order chi connectivity index (χ1) is 47.4. The number of aliphatic imine (C=N–C) groups is 6. The average Bonchev–Trinajstić information content (AvgIpc) is 1.59. The van der Waals surface area contributed by atoms with Crippen LogP contribution in [0.15, 0.2) is 213 Å². The number of allylic oxidation sites excluding steroid dienone is 22. The van der Waals surface area contributed by atoms with Gasteiger partial charge in [0.25, 0.3) is 0 Å². The van der Waals surface area contributed by atoms with Gasteiger partial charge in [0, 0.05) is 108 Å². The van der Waals surface area contributed by atoms with Crippen molar-refractivity contribution < 1.29 is 29.3 Å². The number of esters is 2. The standard InChI is InChI=1S/C82H104N10O6/c1-13-53-45(3)63-39-71-59(43-83-11)49(7)61(87-71)37-65-47(5)55(79(89-65)57-35-73(93)77-51(9)67(91-81(57)77)41-69(53)85-63)29-31-75(95)97-33-27-25-23-21-19-17-15-16-18-20-22-24-26-28-34-98-76(96)32-30-56-48(6)66-38-62-50(8)60(44-84-12)72(88-62)40-64-46(4)54(14-2)70(86-64)42-68-52(10)78-74(94)36-58(80(56)90-66)82(78)92-68/h37-42,47-48,55-56,83-84,89-90,93-94H,13-36,43-44H2,1-12H3/t47-,48-,55-,56-/m0/s1. The number of ether oxygens (including phenoxy) is 2. The smallest absolute Gasteiger partial charge is 0.305 e. The highest BCUT2D eigenvalue weighted by Gasteiger charge is 2.44. The summed E-state index contributed by atoms with van der Waals surface area (Å²) >= 11 is 0. The van der Waals surface area contributed by atoms with Crippen LogP contribution in [-0.4, -0.2) is 96.8 Å². The Hall–Kier alpha value is -8.08. The van der Waals surface area contributed by atoms with E-state index in [0.29, 0.717) is 76.3 Å². The lowest BCUT2D eigenvalue weighted by Gasteiger charge is -2.17. The fraction of sp³-hybridized carbons (Fsp3) is 0.512. The minimum Gasteiger partial charge on any atom is -0.511 e. The number of rotatable bonds is 29.